The molecule has 2 fully saturated rings. The maximum atomic E-state index is 10.5. The second-order valence-electron chi connectivity index (χ2n) is 9.28. The lowest BCUT2D eigenvalue weighted by atomic mass is 9.88. The van der Waals surface area contributed by atoms with Crippen LogP contribution in [0.3, 0.4) is 0 Å². The third kappa shape index (κ3) is 6.35. The van der Waals surface area contributed by atoms with Crippen LogP contribution in [0.5, 0.6) is 0 Å². The number of hydrogen-bond donors (Lipinski definition) is 2. The smallest absolute Gasteiger partial charge is 0.0903 e. The minimum atomic E-state index is -1.11. The molecule has 2 saturated heterocycles. The van der Waals surface area contributed by atoms with E-state index in [4.69, 9.17) is 23.6 Å². The van der Waals surface area contributed by atoms with Crippen molar-refractivity contribution in [2.75, 3.05) is 38.0 Å². The van der Waals surface area contributed by atoms with Gasteiger partial charge in [-0.05, 0) is 86.9 Å². The van der Waals surface area contributed by atoms with Gasteiger partial charge in [-0.25, -0.2) is 0 Å². The van der Waals surface area contributed by atoms with E-state index in [2.05, 4.69) is 13.3 Å². The average Bonchev–Trinajstić information content (AvgIpc) is 2.75. The molecule has 0 aliphatic carbocycles. The highest BCUT2D eigenvalue weighted by Gasteiger charge is 2.36. The van der Waals surface area contributed by atoms with Gasteiger partial charge in [-0.3, -0.25) is 0 Å². The van der Waals surface area contributed by atoms with E-state index in [-0.39, 0.29) is 0 Å². The molecule has 0 amide bonds. The van der Waals surface area contributed by atoms with Crippen LogP contribution in [0.1, 0.15) is 36.8 Å². The van der Waals surface area contributed by atoms with E-state index in [1.807, 2.05) is 60.7 Å². The first kappa shape index (κ1) is 24.3. The highest BCUT2D eigenvalue weighted by Crippen LogP contribution is 2.53. The van der Waals surface area contributed by atoms with E-state index in [9.17, 15) is 10.2 Å². The van der Waals surface area contributed by atoms with Crippen LogP contribution in [0, 0.1) is 0 Å². The monoisotopic (exact) mass is 480 g/mol. The molecule has 4 rings (SSSR count). The summed E-state index contributed by atoms with van der Waals surface area (Å²) in [6.45, 7) is 4.43. The molecule has 0 unspecified atom stereocenters. The van der Waals surface area contributed by atoms with E-state index in [1.54, 1.807) is 0 Å². The molecule has 2 aliphatic rings. The Hall–Kier alpha value is -0.340. The predicted molar refractivity (Wildman–Crippen MR) is 139 cm³/mol. The van der Waals surface area contributed by atoms with Crippen LogP contribution in [-0.2, 0) is 34.8 Å². The number of aliphatic hydroxyl groups is 2. The fourth-order valence-electron chi connectivity index (χ4n) is 4.23. The number of benzene rings is 2. The van der Waals surface area contributed by atoms with Gasteiger partial charge in [0.25, 0.3) is 0 Å². The maximum Gasteiger partial charge on any atom is 0.0903 e. The highest BCUT2D eigenvalue weighted by molar-refractivity contribution is 8.14. The van der Waals surface area contributed by atoms with Crippen molar-refractivity contribution in [3.63, 3.8) is 0 Å². The van der Waals surface area contributed by atoms with Gasteiger partial charge in [0.1, 0.15) is 0 Å². The van der Waals surface area contributed by atoms with Gasteiger partial charge in [0.2, 0.25) is 0 Å². The zero-order valence-electron chi connectivity index (χ0n) is 18.0. The molecule has 6 heteroatoms. The maximum absolute atomic E-state index is 10.5. The summed E-state index contributed by atoms with van der Waals surface area (Å²) in [4.78, 5) is 0. The highest BCUT2D eigenvalue weighted by atomic mass is 32.4. The molecule has 2 aliphatic heterocycles. The van der Waals surface area contributed by atoms with Crippen molar-refractivity contribution < 1.29 is 10.2 Å². The topological polar surface area (TPSA) is 40.5 Å². The third-order valence-electron chi connectivity index (χ3n) is 6.62. The second-order valence-corrected chi connectivity index (χ2v) is 21.5. The average molecular weight is 481 g/mol. The summed E-state index contributed by atoms with van der Waals surface area (Å²) in [6.07, 6.45) is 7.49. The molecular formula is C24H34O2P2S2. The van der Waals surface area contributed by atoms with Gasteiger partial charge in [0.05, 0.1) is 11.2 Å². The van der Waals surface area contributed by atoms with Gasteiger partial charge in [-0.15, -0.1) is 0 Å². The van der Waals surface area contributed by atoms with Crippen molar-refractivity contribution in [1.82, 2.24) is 0 Å². The van der Waals surface area contributed by atoms with Crippen molar-refractivity contribution in [3.8, 4) is 0 Å². The van der Waals surface area contributed by atoms with Crippen LogP contribution >= 0.6 is 12.1 Å². The minimum Gasteiger partial charge on any atom is -0.385 e. The SMILES string of the molecule is CP1(=S)CCC(O)(c2ccccc2)CC1.CP1(=S)CCC(O)(c2ccccc2)CC1. The molecule has 164 valence electrons. The van der Waals surface area contributed by atoms with Crippen molar-refractivity contribution in [1.29, 1.82) is 0 Å². The van der Waals surface area contributed by atoms with E-state index < -0.39 is 23.3 Å². The van der Waals surface area contributed by atoms with Gasteiger partial charge in [0, 0.05) is 0 Å². The first-order valence-corrected chi connectivity index (χ1v) is 17.9. The fraction of sp³-hybridized carbons (Fsp3) is 0.500. The Morgan fingerprint density at radius 1 is 0.600 bits per heavy atom. The first-order chi connectivity index (χ1) is 14.0. The molecule has 0 atom stereocenters. The van der Waals surface area contributed by atoms with Crippen LogP contribution in [-0.4, -0.2) is 48.2 Å². The lowest BCUT2D eigenvalue weighted by Gasteiger charge is -2.37. The van der Waals surface area contributed by atoms with E-state index >= 15 is 0 Å². The van der Waals surface area contributed by atoms with E-state index in [1.165, 1.54) is 0 Å². The van der Waals surface area contributed by atoms with E-state index in [0.717, 1.165) is 61.5 Å². The number of hydrogen-bond acceptors (Lipinski definition) is 4. The van der Waals surface area contributed by atoms with Crippen molar-refractivity contribution in [2.45, 2.75) is 36.9 Å². The Labute approximate surface area is 192 Å². The van der Waals surface area contributed by atoms with Crippen molar-refractivity contribution in [2.24, 2.45) is 0 Å². The molecule has 2 aromatic rings. The van der Waals surface area contributed by atoms with Gasteiger partial charge in [-0.2, -0.15) is 0 Å². The Balaban J connectivity index is 0.000000171. The third-order valence-corrected chi connectivity index (χ3v) is 13.5. The molecule has 0 spiro atoms. The largest absolute Gasteiger partial charge is 0.385 e. The van der Waals surface area contributed by atoms with Crippen LogP contribution < -0.4 is 0 Å². The van der Waals surface area contributed by atoms with Gasteiger partial charge >= 0.3 is 0 Å². The van der Waals surface area contributed by atoms with E-state index in [0.29, 0.717) is 0 Å². The summed E-state index contributed by atoms with van der Waals surface area (Å²) in [5.74, 6) is 0. The van der Waals surface area contributed by atoms with Gasteiger partial charge in [-0.1, -0.05) is 84.3 Å². The summed E-state index contributed by atoms with van der Waals surface area (Å²) in [5.41, 5.74) is 0.888. The number of rotatable bonds is 2. The molecule has 30 heavy (non-hydrogen) atoms. The molecule has 0 saturated carbocycles. The standard InChI is InChI=1S/2C12H17OPS/c2*1-14(15)9-7-12(13,8-10-14)11-5-3-2-4-6-11/h2*2-6,13H,7-10H2,1H3. The van der Waals surface area contributed by atoms with Crippen LogP contribution in [0.25, 0.3) is 0 Å². The zero-order valence-corrected chi connectivity index (χ0v) is 21.5. The van der Waals surface area contributed by atoms with Crippen molar-refractivity contribution >= 4 is 35.7 Å². The summed E-state index contributed by atoms with van der Waals surface area (Å²) < 4.78 is 0. The molecule has 0 radical (unpaired) electrons. The molecule has 0 bridgehead atoms. The lowest BCUT2D eigenvalue weighted by Crippen LogP contribution is -2.32. The van der Waals surface area contributed by atoms with Crippen molar-refractivity contribution in [3.05, 3.63) is 71.8 Å². The molecular weight excluding hydrogens is 446 g/mol. The summed E-state index contributed by atoms with van der Waals surface area (Å²) in [6, 6.07) is 17.8. The van der Waals surface area contributed by atoms with Crippen LogP contribution in [0.2, 0.25) is 0 Å². The first-order valence-electron chi connectivity index (χ1n) is 10.7. The summed E-state index contributed by atoms with van der Waals surface area (Å²) in [5, 5.41) is 21.1. The normalized spacial score (nSPS) is 36.4. The molecule has 2 nitrogen and oxygen atoms in total. The Morgan fingerprint density at radius 2 is 0.867 bits per heavy atom. The molecule has 2 heterocycles. The second kappa shape index (κ2) is 9.65. The Kier molecular flexibility index (Phi) is 7.82. The molecule has 2 aromatic carbocycles. The Morgan fingerprint density at radius 3 is 1.13 bits per heavy atom. The Bertz CT molecular complexity index is 829. The minimum absolute atomic E-state index is 0.612. The fourth-order valence-corrected chi connectivity index (χ4v) is 9.15. The zero-order chi connectivity index (χ0) is 21.9. The van der Waals surface area contributed by atoms with Crippen LogP contribution in [0.4, 0.5) is 0 Å². The quantitative estimate of drug-likeness (QED) is 0.553. The predicted octanol–water partition coefficient (Wildman–Crippen LogP) is 5.55. The van der Waals surface area contributed by atoms with Gasteiger partial charge in [0.15, 0.2) is 0 Å². The molecule has 0 aromatic heterocycles. The van der Waals surface area contributed by atoms with Gasteiger partial charge < -0.3 is 10.2 Å². The van der Waals surface area contributed by atoms with Crippen LogP contribution in [0.15, 0.2) is 60.7 Å². The lowest BCUT2D eigenvalue weighted by molar-refractivity contribution is 0.0266. The summed E-state index contributed by atoms with van der Waals surface area (Å²) in [7, 11) is 0. The summed E-state index contributed by atoms with van der Waals surface area (Å²) >= 11 is 11.1. The molecule has 2 N–H and O–H groups in total.